The van der Waals surface area contributed by atoms with Crippen LogP contribution in [0.2, 0.25) is 0 Å². The molecule has 0 bridgehead atoms. The van der Waals surface area contributed by atoms with Crippen LogP contribution >= 0.6 is 0 Å². The molecule has 1 aromatic rings. The van der Waals surface area contributed by atoms with Gasteiger partial charge in [0, 0.05) is 30.1 Å². The highest BCUT2D eigenvalue weighted by Crippen LogP contribution is 2.37. The first-order valence-electron chi connectivity index (χ1n) is 7.42. The molecule has 0 radical (unpaired) electrons. The molecule has 1 saturated heterocycles. The predicted octanol–water partition coefficient (Wildman–Crippen LogP) is 1.98. The molecule has 0 spiro atoms. The lowest BCUT2D eigenvalue weighted by atomic mass is 10.1. The van der Waals surface area contributed by atoms with Crippen LogP contribution in [0.25, 0.3) is 0 Å². The number of hydrogen-bond acceptors (Lipinski definition) is 4. The van der Waals surface area contributed by atoms with E-state index in [4.69, 9.17) is 9.47 Å². The Hall–Kier alpha value is -1.26. The zero-order valence-corrected chi connectivity index (χ0v) is 12.3. The predicted molar refractivity (Wildman–Crippen MR) is 77.3 cm³/mol. The molecular weight excluding hydrogens is 254 g/mol. The fourth-order valence-electron chi connectivity index (χ4n) is 3.34. The molecule has 0 amide bonds. The molecule has 0 aromatic heterocycles. The van der Waals surface area contributed by atoms with Gasteiger partial charge in [-0.25, -0.2) is 0 Å². The van der Waals surface area contributed by atoms with Gasteiger partial charge < -0.3 is 14.6 Å². The Labute approximate surface area is 120 Å². The van der Waals surface area contributed by atoms with E-state index in [0.29, 0.717) is 0 Å². The third kappa shape index (κ3) is 2.50. The summed E-state index contributed by atoms with van der Waals surface area (Å²) in [5.41, 5.74) is 2.43. The van der Waals surface area contributed by atoms with Crippen LogP contribution < -0.4 is 9.47 Å². The number of aliphatic hydroxyl groups is 1. The van der Waals surface area contributed by atoms with Gasteiger partial charge in [-0.3, -0.25) is 4.90 Å². The first-order chi connectivity index (χ1) is 9.71. The van der Waals surface area contributed by atoms with Gasteiger partial charge >= 0.3 is 0 Å². The van der Waals surface area contributed by atoms with Crippen LogP contribution in [0, 0.1) is 0 Å². The van der Waals surface area contributed by atoms with Crippen LogP contribution in [0.5, 0.6) is 11.5 Å². The normalized spacial score (nSPS) is 25.6. The smallest absolute Gasteiger partial charge is 0.127 e. The van der Waals surface area contributed by atoms with Crippen LogP contribution in [-0.2, 0) is 13.0 Å². The highest BCUT2D eigenvalue weighted by molar-refractivity contribution is 5.49. The summed E-state index contributed by atoms with van der Waals surface area (Å²) in [7, 11) is 1.71. The lowest BCUT2D eigenvalue weighted by Crippen LogP contribution is -2.31. The molecule has 20 heavy (non-hydrogen) atoms. The number of aliphatic hydroxyl groups excluding tert-OH is 1. The lowest BCUT2D eigenvalue weighted by molar-refractivity contribution is 0.151. The average Bonchev–Trinajstić information content (AvgIpc) is 3.03. The molecule has 1 unspecified atom stereocenters. The minimum absolute atomic E-state index is 0.239. The molecule has 2 aliphatic rings. The minimum atomic E-state index is 0.239. The van der Waals surface area contributed by atoms with Crippen molar-refractivity contribution in [1.82, 2.24) is 4.90 Å². The Morgan fingerprint density at radius 3 is 3.05 bits per heavy atom. The molecule has 3 rings (SSSR count). The summed E-state index contributed by atoms with van der Waals surface area (Å²) < 4.78 is 11.4. The standard InChI is InChI=1S/C16H23NO3/c1-11-6-12-7-15(19-2)8-13(16(12)20-11)9-17-5-3-4-14(17)10-18/h7-8,11,14,18H,3-6,9-10H2,1-2H3/t11?,14-/m0/s1. The molecule has 4 nitrogen and oxygen atoms in total. The molecule has 1 N–H and O–H groups in total. The van der Waals surface area contributed by atoms with Crippen molar-refractivity contribution >= 4 is 0 Å². The summed E-state index contributed by atoms with van der Waals surface area (Å²) in [6.45, 7) is 4.22. The molecular formula is C16H23NO3. The van der Waals surface area contributed by atoms with Crippen molar-refractivity contribution in [3.63, 3.8) is 0 Å². The maximum absolute atomic E-state index is 9.45. The zero-order valence-electron chi connectivity index (χ0n) is 12.3. The van der Waals surface area contributed by atoms with Crippen LogP contribution in [0.3, 0.4) is 0 Å². The monoisotopic (exact) mass is 277 g/mol. The molecule has 2 heterocycles. The highest BCUT2D eigenvalue weighted by atomic mass is 16.5. The van der Waals surface area contributed by atoms with Crippen molar-refractivity contribution in [2.45, 2.75) is 44.9 Å². The Balaban J connectivity index is 1.87. The molecule has 1 aromatic carbocycles. The van der Waals surface area contributed by atoms with Crippen molar-refractivity contribution in [2.75, 3.05) is 20.3 Å². The maximum Gasteiger partial charge on any atom is 0.127 e. The van der Waals surface area contributed by atoms with Gasteiger partial charge in [0.05, 0.1) is 13.7 Å². The van der Waals surface area contributed by atoms with Gasteiger partial charge in [-0.1, -0.05) is 0 Å². The van der Waals surface area contributed by atoms with Crippen molar-refractivity contribution < 1.29 is 14.6 Å². The second kappa shape index (κ2) is 5.62. The van der Waals surface area contributed by atoms with Crippen molar-refractivity contribution in [1.29, 1.82) is 0 Å². The molecule has 110 valence electrons. The van der Waals surface area contributed by atoms with Gasteiger partial charge in [-0.2, -0.15) is 0 Å². The molecule has 2 aliphatic heterocycles. The summed E-state index contributed by atoms with van der Waals surface area (Å²) in [4.78, 5) is 2.35. The van der Waals surface area contributed by atoms with Crippen LogP contribution in [0.4, 0.5) is 0 Å². The van der Waals surface area contributed by atoms with E-state index in [2.05, 4.69) is 24.0 Å². The molecule has 0 saturated carbocycles. The number of fused-ring (bicyclic) bond motifs is 1. The molecule has 4 heteroatoms. The van der Waals surface area contributed by atoms with Crippen LogP contribution in [-0.4, -0.2) is 42.4 Å². The minimum Gasteiger partial charge on any atom is -0.497 e. The molecule has 1 fully saturated rings. The maximum atomic E-state index is 9.45. The Kier molecular flexibility index (Phi) is 3.85. The van der Waals surface area contributed by atoms with Crippen LogP contribution in [0.15, 0.2) is 12.1 Å². The van der Waals surface area contributed by atoms with E-state index in [9.17, 15) is 5.11 Å². The number of hydrogen-bond donors (Lipinski definition) is 1. The average molecular weight is 277 g/mol. The van der Waals surface area contributed by atoms with Crippen molar-refractivity contribution in [3.8, 4) is 11.5 Å². The van der Waals surface area contributed by atoms with Crippen LogP contribution in [0.1, 0.15) is 30.9 Å². The second-order valence-corrected chi connectivity index (χ2v) is 5.86. The number of rotatable bonds is 4. The summed E-state index contributed by atoms with van der Waals surface area (Å²) in [6, 6.07) is 4.44. The highest BCUT2D eigenvalue weighted by Gasteiger charge is 2.28. The van der Waals surface area contributed by atoms with E-state index in [-0.39, 0.29) is 18.8 Å². The van der Waals surface area contributed by atoms with Crippen molar-refractivity contribution in [3.05, 3.63) is 23.3 Å². The fraction of sp³-hybridized carbons (Fsp3) is 0.625. The van der Waals surface area contributed by atoms with Crippen molar-refractivity contribution in [2.24, 2.45) is 0 Å². The summed E-state index contributed by atoms with van der Waals surface area (Å²) >= 11 is 0. The quantitative estimate of drug-likeness (QED) is 0.913. The van der Waals surface area contributed by atoms with E-state index >= 15 is 0 Å². The van der Waals surface area contributed by atoms with E-state index in [0.717, 1.165) is 43.9 Å². The second-order valence-electron chi connectivity index (χ2n) is 5.86. The van der Waals surface area contributed by atoms with Gasteiger partial charge in [0.1, 0.15) is 17.6 Å². The van der Waals surface area contributed by atoms with E-state index in [1.165, 1.54) is 11.1 Å². The van der Waals surface area contributed by atoms with Gasteiger partial charge in [0.15, 0.2) is 0 Å². The summed E-state index contributed by atoms with van der Waals surface area (Å²) in [6.07, 6.45) is 3.43. The third-order valence-corrected chi connectivity index (χ3v) is 4.36. The largest absolute Gasteiger partial charge is 0.497 e. The van der Waals surface area contributed by atoms with Gasteiger partial charge in [0.25, 0.3) is 0 Å². The van der Waals surface area contributed by atoms with E-state index in [1.54, 1.807) is 7.11 Å². The third-order valence-electron chi connectivity index (χ3n) is 4.36. The first-order valence-corrected chi connectivity index (χ1v) is 7.42. The number of ether oxygens (including phenoxy) is 2. The first kappa shape index (κ1) is 13.7. The Morgan fingerprint density at radius 1 is 1.45 bits per heavy atom. The SMILES string of the molecule is COc1cc2c(c(CN3CCC[C@H]3CO)c1)OC(C)C2. The number of likely N-dealkylation sites (tertiary alicyclic amines) is 1. The topological polar surface area (TPSA) is 41.9 Å². The van der Waals surface area contributed by atoms with E-state index in [1.807, 2.05) is 0 Å². The number of nitrogens with zero attached hydrogens (tertiary/aromatic N) is 1. The lowest BCUT2D eigenvalue weighted by Gasteiger charge is -2.24. The number of benzene rings is 1. The van der Waals surface area contributed by atoms with Gasteiger partial charge in [0.2, 0.25) is 0 Å². The van der Waals surface area contributed by atoms with Gasteiger partial charge in [-0.05, 0) is 38.4 Å². The van der Waals surface area contributed by atoms with Gasteiger partial charge in [-0.15, -0.1) is 0 Å². The Bertz CT molecular complexity index is 489. The Morgan fingerprint density at radius 2 is 2.30 bits per heavy atom. The summed E-state index contributed by atoms with van der Waals surface area (Å²) in [5, 5.41) is 9.45. The number of methoxy groups -OCH3 is 1. The van der Waals surface area contributed by atoms with E-state index < -0.39 is 0 Å². The summed E-state index contributed by atoms with van der Waals surface area (Å²) in [5.74, 6) is 1.93. The molecule has 0 aliphatic carbocycles. The zero-order chi connectivity index (χ0) is 14.1. The molecule has 2 atom stereocenters. The fourth-order valence-corrected chi connectivity index (χ4v) is 3.34.